The molecular weight excluding hydrogens is 278 g/mol. The zero-order valence-electron chi connectivity index (χ0n) is 11.5. The van der Waals surface area contributed by atoms with Gasteiger partial charge in [-0.2, -0.15) is 0 Å². The average Bonchev–Trinajstić information content (AvgIpc) is 2.96. The Hall–Kier alpha value is -1.76. The van der Waals surface area contributed by atoms with Gasteiger partial charge in [-0.3, -0.25) is 9.36 Å². The van der Waals surface area contributed by atoms with E-state index in [2.05, 4.69) is 17.1 Å². The van der Waals surface area contributed by atoms with Crippen LogP contribution in [0.1, 0.15) is 30.7 Å². The molecule has 2 aromatic heterocycles. The fourth-order valence-electron chi connectivity index (χ4n) is 1.85. The summed E-state index contributed by atoms with van der Waals surface area (Å²) >= 11 is 1.18. The maximum absolute atomic E-state index is 10.7. The van der Waals surface area contributed by atoms with Gasteiger partial charge >= 0.3 is 5.97 Å². The molecule has 0 aliphatic heterocycles. The molecule has 0 spiro atoms. The number of aromatic nitrogens is 3. The first-order valence-electron chi connectivity index (χ1n) is 6.42. The van der Waals surface area contributed by atoms with Gasteiger partial charge in [0.2, 0.25) is 0 Å². The van der Waals surface area contributed by atoms with Crippen LogP contribution in [0.2, 0.25) is 0 Å². The first-order chi connectivity index (χ1) is 9.60. The highest BCUT2D eigenvalue weighted by molar-refractivity contribution is 7.99. The smallest absolute Gasteiger partial charge is 0.313 e. The summed E-state index contributed by atoms with van der Waals surface area (Å²) in [5.41, 5.74) is 0. The van der Waals surface area contributed by atoms with Crippen molar-refractivity contribution in [3.05, 3.63) is 29.5 Å². The van der Waals surface area contributed by atoms with E-state index in [9.17, 15) is 4.79 Å². The first kappa shape index (κ1) is 14.6. The Kier molecular flexibility index (Phi) is 4.84. The van der Waals surface area contributed by atoms with E-state index in [-0.39, 0.29) is 5.75 Å². The Bertz CT molecular complexity index is 591. The van der Waals surface area contributed by atoms with E-state index in [1.807, 2.05) is 23.6 Å². The summed E-state index contributed by atoms with van der Waals surface area (Å²) in [6.07, 6.45) is 1.76. The number of carbonyl (C=O) groups is 1. The van der Waals surface area contributed by atoms with Crippen LogP contribution < -0.4 is 0 Å². The summed E-state index contributed by atoms with van der Waals surface area (Å²) in [6, 6.07) is 3.82. The number of nitrogens with zero attached hydrogens (tertiary/aromatic N) is 3. The van der Waals surface area contributed by atoms with Crippen molar-refractivity contribution in [2.45, 2.75) is 38.4 Å². The molecule has 0 saturated heterocycles. The lowest BCUT2D eigenvalue weighted by molar-refractivity contribution is -0.133. The van der Waals surface area contributed by atoms with Crippen LogP contribution in [0.4, 0.5) is 0 Å². The second kappa shape index (κ2) is 6.60. The van der Waals surface area contributed by atoms with E-state index in [1.54, 1.807) is 0 Å². The highest BCUT2D eigenvalue weighted by Gasteiger charge is 2.15. The summed E-state index contributed by atoms with van der Waals surface area (Å²) in [6.45, 7) is 4.49. The number of carboxylic acid groups (broad SMARTS) is 1. The third-order valence-corrected chi connectivity index (χ3v) is 3.65. The van der Waals surface area contributed by atoms with Gasteiger partial charge in [0.25, 0.3) is 0 Å². The van der Waals surface area contributed by atoms with Crippen LogP contribution in [-0.4, -0.2) is 31.6 Å². The molecule has 0 radical (unpaired) electrons. The third-order valence-electron chi connectivity index (χ3n) is 2.70. The third kappa shape index (κ3) is 3.63. The van der Waals surface area contributed by atoms with Gasteiger partial charge in [-0.25, -0.2) is 0 Å². The van der Waals surface area contributed by atoms with Crippen LogP contribution in [0, 0.1) is 6.92 Å². The topological polar surface area (TPSA) is 81.1 Å². The summed E-state index contributed by atoms with van der Waals surface area (Å²) in [4.78, 5) is 10.7. The van der Waals surface area contributed by atoms with Crippen molar-refractivity contribution < 1.29 is 14.3 Å². The van der Waals surface area contributed by atoms with Crippen molar-refractivity contribution >= 4 is 17.7 Å². The highest BCUT2D eigenvalue weighted by Crippen LogP contribution is 2.20. The van der Waals surface area contributed by atoms with Crippen LogP contribution in [0.25, 0.3) is 0 Å². The van der Waals surface area contributed by atoms with Crippen molar-refractivity contribution in [2.75, 3.05) is 5.75 Å². The Morgan fingerprint density at radius 1 is 1.45 bits per heavy atom. The van der Waals surface area contributed by atoms with Crippen molar-refractivity contribution in [1.82, 2.24) is 14.8 Å². The Labute approximate surface area is 121 Å². The van der Waals surface area contributed by atoms with Crippen LogP contribution >= 0.6 is 11.8 Å². The molecule has 0 aromatic carbocycles. The predicted octanol–water partition coefficient (Wildman–Crippen LogP) is 2.36. The molecule has 6 nitrogen and oxygen atoms in total. The van der Waals surface area contributed by atoms with Crippen LogP contribution in [-0.2, 0) is 17.8 Å². The maximum Gasteiger partial charge on any atom is 0.313 e. The molecule has 0 unspecified atom stereocenters. The van der Waals surface area contributed by atoms with Gasteiger partial charge in [-0.05, 0) is 25.5 Å². The second-order valence-electron chi connectivity index (χ2n) is 4.43. The van der Waals surface area contributed by atoms with E-state index < -0.39 is 5.97 Å². The van der Waals surface area contributed by atoms with E-state index in [0.717, 1.165) is 30.2 Å². The zero-order chi connectivity index (χ0) is 14.5. The van der Waals surface area contributed by atoms with Crippen molar-refractivity contribution in [3.63, 3.8) is 0 Å². The molecule has 0 atom stereocenters. The summed E-state index contributed by atoms with van der Waals surface area (Å²) in [5.74, 6) is 1.63. The number of furan rings is 1. The fourth-order valence-corrected chi connectivity index (χ4v) is 2.52. The highest BCUT2D eigenvalue weighted by atomic mass is 32.2. The van der Waals surface area contributed by atoms with E-state index in [1.165, 1.54) is 11.8 Å². The maximum atomic E-state index is 10.7. The molecule has 2 heterocycles. The Morgan fingerprint density at radius 2 is 2.25 bits per heavy atom. The minimum atomic E-state index is -0.865. The summed E-state index contributed by atoms with van der Waals surface area (Å²) < 4.78 is 7.49. The normalized spacial score (nSPS) is 10.9. The van der Waals surface area contributed by atoms with Crippen LogP contribution in [0.5, 0.6) is 0 Å². The first-order valence-corrected chi connectivity index (χ1v) is 7.40. The largest absolute Gasteiger partial charge is 0.481 e. The second-order valence-corrected chi connectivity index (χ2v) is 5.37. The van der Waals surface area contributed by atoms with Gasteiger partial charge in [0.05, 0.1) is 12.3 Å². The molecule has 7 heteroatoms. The molecule has 0 amide bonds. The van der Waals surface area contributed by atoms with Gasteiger partial charge in [0.1, 0.15) is 17.3 Å². The van der Waals surface area contributed by atoms with Gasteiger partial charge in [-0.1, -0.05) is 18.7 Å². The molecule has 0 aliphatic rings. The van der Waals surface area contributed by atoms with E-state index >= 15 is 0 Å². The van der Waals surface area contributed by atoms with E-state index in [4.69, 9.17) is 9.52 Å². The lowest BCUT2D eigenvalue weighted by atomic mass is 10.3. The molecule has 0 aliphatic carbocycles. The van der Waals surface area contributed by atoms with Crippen LogP contribution in [0.3, 0.4) is 0 Å². The molecule has 108 valence electrons. The number of hydrogen-bond donors (Lipinski definition) is 1. The number of aryl methyl sites for hydroxylation is 2. The van der Waals surface area contributed by atoms with Crippen molar-refractivity contribution in [1.29, 1.82) is 0 Å². The minimum absolute atomic E-state index is 0.0263. The SMILES string of the molecule is CCCc1nnc(SCC(=O)O)n1Cc1ccc(C)o1. The Morgan fingerprint density at radius 3 is 2.85 bits per heavy atom. The summed E-state index contributed by atoms with van der Waals surface area (Å²) in [5, 5.41) is 17.6. The standard InChI is InChI=1S/C13H17N3O3S/c1-3-4-11-14-15-13(20-8-12(17)18)16(11)7-10-6-5-9(2)19-10/h5-6H,3-4,7-8H2,1-2H3,(H,17,18). The average molecular weight is 295 g/mol. The van der Waals surface area contributed by atoms with Gasteiger partial charge < -0.3 is 9.52 Å². The fraction of sp³-hybridized carbons (Fsp3) is 0.462. The molecular formula is C13H17N3O3S. The molecule has 2 rings (SSSR count). The van der Waals surface area contributed by atoms with Crippen molar-refractivity contribution in [3.8, 4) is 0 Å². The number of rotatable bonds is 7. The zero-order valence-corrected chi connectivity index (χ0v) is 12.3. The summed E-state index contributed by atoms with van der Waals surface area (Å²) in [7, 11) is 0. The lowest BCUT2D eigenvalue weighted by Crippen LogP contribution is -2.07. The molecule has 0 saturated carbocycles. The van der Waals surface area contributed by atoms with Crippen LogP contribution in [0.15, 0.2) is 21.7 Å². The predicted molar refractivity (Wildman–Crippen MR) is 74.9 cm³/mol. The van der Waals surface area contributed by atoms with Gasteiger partial charge in [0, 0.05) is 6.42 Å². The molecule has 2 aromatic rings. The van der Waals surface area contributed by atoms with Gasteiger partial charge in [-0.15, -0.1) is 10.2 Å². The van der Waals surface area contributed by atoms with E-state index in [0.29, 0.717) is 11.7 Å². The number of carboxylic acids is 1. The monoisotopic (exact) mass is 295 g/mol. The van der Waals surface area contributed by atoms with Gasteiger partial charge in [0.15, 0.2) is 5.16 Å². The minimum Gasteiger partial charge on any atom is -0.481 e. The number of aliphatic carboxylic acids is 1. The number of thioether (sulfide) groups is 1. The molecule has 1 N–H and O–H groups in total. The molecule has 20 heavy (non-hydrogen) atoms. The van der Waals surface area contributed by atoms with Crippen molar-refractivity contribution in [2.24, 2.45) is 0 Å². The lowest BCUT2D eigenvalue weighted by Gasteiger charge is -2.07. The Balaban J connectivity index is 2.21. The quantitative estimate of drug-likeness (QED) is 0.790. The molecule has 0 bridgehead atoms. The molecule has 0 fully saturated rings. The number of hydrogen-bond acceptors (Lipinski definition) is 5.